The summed E-state index contributed by atoms with van der Waals surface area (Å²) in [5.74, 6) is -0.957. The summed E-state index contributed by atoms with van der Waals surface area (Å²) in [6.07, 6.45) is -0.571. The number of aromatic carboxylic acids is 1. The molecule has 0 atom stereocenters. The molecule has 1 heterocycles. The van der Waals surface area contributed by atoms with Crippen molar-refractivity contribution < 1.29 is 19.4 Å². The maximum absolute atomic E-state index is 13.0. The predicted molar refractivity (Wildman–Crippen MR) is 138 cm³/mol. The van der Waals surface area contributed by atoms with Crippen LogP contribution in [0.2, 0.25) is 15.1 Å². The highest BCUT2D eigenvalue weighted by Crippen LogP contribution is 2.34. The third-order valence-electron chi connectivity index (χ3n) is 5.00. The molecule has 0 aliphatic rings. The Hall–Kier alpha value is -2.74. The van der Waals surface area contributed by atoms with E-state index >= 15 is 0 Å². The molecule has 0 fully saturated rings. The van der Waals surface area contributed by atoms with Crippen molar-refractivity contribution in [3.8, 4) is 17.1 Å². The molecule has 7 nitrogen and oxygen atoms in total. The van der Waals surface area contributed by atoms with Crippen LogP contribution in [0.1, 0.15) is 50.8 Å². The Morgan fingerprint density at radius 3 is 2.17 bits per heavy atom. The van der Waals surface area contributed by atoms with E-state index in [0.717, 1.165) is 0 Å². The first-order valence-corrected chi connectivity index (χ1v) is 12.0. The topological polar surface area (TPSA) is 84.7 Å². The summed E-state index contributed by atoms with van der Waals surface area (Å²) in [5.41, 5.74) is 0.417. The van der Waals surface area contributed by atoms with Crippen molar-refractivity contribution in [2.24, 2.45) is 0 Å². The molecular weight excluding hydrogens is 513 g/mol. The highest BCUT2D eigenvalue weighted by molar-refractivity contribution is 6.36. The number of halogens is 3. The fraction of sp³-hybridized carbons (Fsp3) is 0.320. The first kappa shape index (κ1) is 26.9. The molecule has 3 rings (SSSR count). The number of hydrogen-bond acceptors (Lipinski definition) is 4. The smallest absolute Gasteiger partial charge is 0.410 e. The summed E-state index contributed by atoms with van der Waals surface area (Å²) in [4.78, 5) is 31.2. The van der Waals surface area contributed by atoms with E-state index in [1.54, 1.807) is 67.8 Å². The highest BCUT2D eigenvalue weighted by Gasteiger charge is 2.31. The number of hydrogen-bond donors (Lipinski definition) is 1. The van der Waals surface area contributed by atoms with Crippen LogP contribution in [0.4, 0.5) is 4.79 Å². The molecule has 0 saturated carbocycles. The lowest BCUT2D eigenvalue weighted by atomic mass is 10.2. The number of carboxylic acid groups (broad SMARTS) is 1. The largest absolute Gasteiger partial charge is 0.476 e. The Labute approximate surface area is 219 Å². The van der Waals surface area contributed by atoms with Gasteiger partial charge in [-0.15, -0.1) is 0 Å². The maximum atomic E-state index is 13.0. The minimum atomic E-state index is -1.24. The molecule has 35 heavy (non-hydrogen) atoms. The van der Waals surface area contributed by atoms with Gasteiger partial charge in [-0.2, -0.15) is 0 Å². The Bertz CT molecular complexity index is 1250. The van der Waals surface area contributed by atoms with Crippen LogP contribution in [0.3, 0.4) is 0 Å². The zero-order chi connectivity index (χ0) is 26.1. The molecule has 0 spiro atoms. The quantitative estimate of drug-likeness (QED) is 0.355. The molecule has 3 aromatic rings. The second kappa shape index (κ2) is 10.5. The zero-order valence-corrected chi connectivity index (χ0v) is 22.2. The first-order chi connectivity index (χ1) is 16.3. The van der Waals surface area contributed by atoms with Crippen LogP contribution in [-0.4, -0.2) is 43.3 Å². The minimum absolute atomic E-state index is 0.0744. The van der Waals surface area contributed by atoms with Gasteiger partial charge in [-0.3, -0.25) is 9.47 Å². The average molecular weight is 539 g/mol. The highest BCUT2D eigenvalue weighted by atomic mass is 35.5. The number of ether oxygens (including phenoxy) is 1. The summed E-state index contributed by atoms with van der Waals surface area (Å²) < 4.78 is 7.24. The molecule has 0 bridgehead atoms. The van der Waals surface area contributed by atoms with Gasteiger partial charge in [-0.25, -0.2) is 14.6 Å². The van der Waals surface area contributed by atoms with Gasteiger partial charge in [0.25, 0.3) is 0 Å². The van der Waals surface area contributed by atoms with Gasteiger partial charge >= 0.3 is 12.1 Å². The van der Waals surface area contributed by atoms with E-state index in [9.17, 15) is 14.7 Å². The lowest BCUT2D eigenvalue weighted by molar-refractivity contribution is 0.0166. The fourth-order valence-corrected chi connectivity index (χ4v) is 4.05. The Balaban J connectivity index is 2.28. The van der Waals surface area contributed by atoms with Gasteiger partial charge in [0.05, 0.1) is 17.3 Å². The lowest BCUT2D eigenvalue weighted by Gasteiger charge is -2.30. The third kappa shape index (κ3) is 6.28. The van der Waals surface area contributed by atoms with Crippen molar-refractivity contribution in [3.05, 3.63) is 68.9 Å². The Morgan fingerprint density at radius 1 is 1.06 bits per heavy atom. The number of rotatable bonds is 6. The Kier molecular flexibility index (Phi) is 8.04. The van der Waals surface area contributed by atoms with Crippen LogP contribution in [0.15, 0.2) is 42.5 Å². The number of carbonyl (C=O) groups excluding carboxylic acids is 1. The van der Waals surface area contributed by atoms with E-state index in [0.29, 0.717) is 26.3 Å². The molecular formula is C25H26Cl3N3O4. The molecule has 0 radical (unpaired) electrons. The van der Waals surface area contributed by atoms with Crippen molar-refractivity contribution >= 4 is 46.9 Å². The molecule has 0 aliphatic heterocycles. The first-order valence-electron chi connectivity index (χ1n) is 10.8. The number of amides is 1. The van der Waals surface area contributed by atoms with Crippen molar-refractivity contribution in [1.29, 1.82) is 0 Å². The van der Waals surface area contributed by atoms with Gasteiger partial charge in [-0.1, -0.05) is 34.8 Å². The van der Waals surface area contributed by atoms with Crippen molar-refractivity contribution in [2.75, 3.05) is 0 Å². The van der Waals surface area contributed by atoms with Gasteiger partial charge in [0.2, 0.25) is 0 Å². The van der Waals surface area contributed by atoms with Crippen molar-refractivity contribution in [3.63, 3.8) is 0 Å². The molecule has 1 amide bonds. The van der Waals surface area contributed by atoms with Crippen LogP contribution in [0.5, 0.6) is 0 Å². The molecule has 0 saturated heterocycles. The molecule has 0 aliphatic carbocycles. The summed E-state index contributed by atoms with van der Waals surface area (Å²) in [5, 5.41) is 11.3. The van der Waals surface area contributed by atoms with Crippen LogP contribution in [0.25, 0.3) is 17.1 Å². The van der Waals surface area contributed by atoms with Gasteiger partial charge in [0.1, 0.15) is 11.4 Å². The number of benzene rings is 2. The number of carbonyl (C=O) groups is 2. The predicted octanol–water partition coefficient (Wildman–Crippen LogP) is 7.34. The molecule has 186 valence electrons. The number of nitrogens with zero attached hydrogens (tertiary/aromatic N) is 3. The maximum Gasteiger partial charge on any atom is 0.410 e. The van der Waals surface area contributed by atoms with Gasteiger partial charge in [0, 0.05) is 27.3 Å². The van der Waals surface area contributed by atoms with Crippen molar-refractivity contribution in [2.45, 2.75) is 52.8 Å². The normalized spacial score (nSPS) is 11.6. The second-order valence-electron chi connectivity index (χ2n) is 9.17. The molecule has 1 aromatic heterocycles. The van der Waals surface area contributed by atoms with Gasteiger partial charge < -0.3 is 9.84 Å². The zero-order valence-electron chi connectivity index (χ0n) is 20.0. The number of imidazole rings is 1. The van der Waals surface area contributed by atoms with Crippen LogP contribution < -0.4 is 0 Å². The fourth-order valence-electron chi connectivity index (χ4n) is 3.43. The van der Waals surface area contributed by atoms with E-state index in [1.807, 2.05) is 13.8 Å². The molecule has 10 heteroatoms. The minimum Gasteiger partial charge on any atom is -0.476 e. The van der Waals surface area contributed by atoms with Crippen LogP contribution in [-0.2, 0) is 11.3 Å². The van der Waals surface area contributed by atoms with Gasteiger partial charge in [0.15, 0.2) is 5.69 Å². The molecule has 2 aromatic carbocycles. The summed E-state index contributed by atoms with van der Waals surface area (Å²) in [6.45, 7) is 8.88. The van der Waals surface area contributed by atoms with E-state index < -0.39 is 17.7 Å². The number of aromatic nitrogens is 2. The van der Waals surface area contributed by atoms with E-state index in [-0.39, 0.29) is 29.8 Å². The number of carboxylic acids is 1. The van der Waals surface area contributed by atoms with Gasteiger partial charge in [-0.05, 0) is 77.1 Å². The standard InChI is InChI=1S/C25H26Cl3N3O4/c1-14(2)30(24(34)35-25(3,4)5)13-20-21(23(32)33)29-22(18-11-8-16(27)12-19(18)28)31(20)17-9-6-15(26)7-10-17/h6-12,14H,13H2,1-5H3,(H,32,33). The Morgan fingerprint density at radius 2 is 1.66 bits per heavy atom. The molecule has 1 N–H and O–H groups in total. The second-order valence-corrected chi connectivity index (χ2v) is 10.5. The van der Waals surface area contributed by atoms with E-state index in [2.05, 4.69) is 4.98 Å². The third-order valence-corrected chi connectivity index (χ3v) is 5.80. The van der Waals surface area contributed by atoms with E-state index in [4.69, 9.17) is 39.5 Å². The molecule has 0 unspecified atom stereocenters. The SMILES string of the molecule is CC(C)N(Cc1c(C(=O)O)nc(-c2ccc(Cl)cc2Cl)n1-c1ccc(Cl)cc1)C(=O)OC(C)(C)C. The summed E-state index contributed by atoms with van der Waals surface area (Å²) in [7, 11) is 0. The van der Waals surface area contributed by atoms with Crippen LogP contribution in [0, 0.1) is 0 Å². The summed E-state index contributed by atoms with van der Waals surface area (Å²) >= 11 is 18.7. The van der Waals surface area contributed by atoms with E-state index in [1.165, 1.54) is 4.90 Å². The lowest BCUT2D eigenvalue weighted by Crippen LogP contribution is -2.41. The van der Waals surface area contributed by atoms with Crippen molar-refractivity contribution in [1.82, 2.24) is 14.5 Å². The monoisotopic (exact) mass is 537 g/mol. The average Bonchev–Trinajstić information content (AvgIpc) is 3.10. The summed E-state index contributed by atoms with van der Waals surface area (Å²) in [6, 6.07) is 11.4. The van der Waals surface area contributed by atoms with Crippen LogP contribution >= 0.6 is 34.8 Å².